The Kier molecular flexibility index (Phi) is 5.19. The van der Waals surface area contributed by atoms with Crippen LogP contribution in [0.2, 0.25) is 0 Å². The molecule has 0 saturated carbocycles. The molecule has 3 rings (SSSR count). The number of carbonyl (C=O) groups is 1. The molecule has 3 aromatic rings. The molecule has 5 heteroatoms. The minimum atomic E-state index is -0.301. The van der Waals surface area contributed by atoms with Crippen molar-refractivity contribution < 1.29 is 13.9 Å². The SMILES string of the molecule is O=C(NCC#CCOc1cccc2ccccc12)c1ccc(Br)o1. The van der Waals surface area contributed by atoms with E-state index in [2.05, 4.69) is 33.1 Å². The number of ether oxygens (including phenoxy) is 1. The third kappa shape index (κ3) is 3.98. The van der Waals surface area contributed by atoms with E-state index in [1.807, 2.05) is 42.5 Å². The summed E-state index contributed by atoms with van der Waals surface area (Å²) in [5, 5.41) is 4.84. The van der Waals surface area contributed by atoms with Gasteiger partial charge in [0, 0.05) is 5.39 Å². The second-order valence-electron chi connectivity index (χ2n) is 4.91. The van der Waals surface area contributed by atoms with Crippen molar-refractivity contribution in [2.45, 2.75) is 0 Å². The molecule has 0 atom stereocenters. The zero-order valence-corrected chi connectivity index (χ0v) is 14.3. The number of nitrogens with one attached hydrogen (secondary N) is 1. The molecular weight excluding hydrogens is 370 g/mol. The van der Waals surface area contributed by atoms with E-state index in [0.29, 0.717) is 4.67 Å². The maximum atomic E-state index is 11.7. The molecule has 0 saturated heterocycles. The minimum Gasteiger partial charge on any atom is -0.480 e. The lowest BCUT2D eigenvalue weighted by Gasteiger charge is -2.06. The van der Waals surface area contributed by atoms with Crippen LogP contribution in [0.1, 0.15) is 10.6 Å². The number of benzene rings is 2. The molecule has 24 heavy (non-hydrogen) atoms. The van der Waals surface area contributed by atoms with Gasteiger partial charge < -0.3 is 14.5 Å². The summed E-state index contributed by atoms with van der Waals surface area (Å²) in [4.78, 5) is 11.7. The van der Waals surface area contributed by atoms with E-state index in [4.69, 9.17) is 9.15 Å². The van der Waals surface area contributed by atoms with Gasteiger partial charge in [-0.05, 0) is 39.5 Å². The summed E-state index contributed by atoms with van der Waals surface area (Å²) in [6, 6.07) is 17.2. The molecule has 0 spiro atoms. The fourth-order valence-electron chi connectivity index (χ4n) is 2.20. The third-order valence-electron chi connectivity index (χ3n) is 3.31. The van der Waals surface area contributed by atoms with E-state index < -0.39 is 0 Å². The van der Waals surface area contributed by atoms with Crippen LogP contribution in [0.5, 0.6) is 5.75 Å². The monoisotopic (exact) mass is 383 g/mol. The van der Waals surface area contributed by atoms with Crippen LogP contribution in [-0.4, -0.2) is 19.1 Å². The molecule has 0 bridgehead atoms. The molecule has 0 radical (unpaired) electrons. The van der Waals surface area contributed by atoms with Crippen molar-refractivity contribution in [2.24, 2.45) is 0 Å². The lowest BCUT2D eigenvalue weighted by Crippen LogP contribution is -2.23. The lowest BCUT2D eigenvalue weighted by molar-refractivity contribution is 0.0930. The lowest BCUT2D eigenvalue weighted by atomic mass is 10.1. The number of halogens is 1. The second-order valence-corrected chi connectivity index (χ2v) is 5.69. The van der Waals surface area contributed by atoms with Gasteiger partial charge in [0.05, 0.1) is 6.54 Å². The minimum absolute atomic E-state index is 0.232. The highest BCUT2D eigenvalue weighted by atomic mass is 79.9. The standard InChI is InChI=1S/C19H14BrNO3/c20-18-11-10-17(24-18)19(22)21-12-3-4-13-23-16-9-5-7-14-6-1-2-8-15(14)16/h1-2,5-11H,12-13H2,(H,21,22). The number of hydrogen-bond acceptors (Lipinski definition) is 3. The van der Waals surface area contributed by atoms with Gasteiger partial charge in [0.1, 0.15) is 12.4 Å². The van der Waals surface area contributed by atoms with Gasteiger partial charge in [-0.25, -0.2) is 0 Å². The highest BCUT2D eigenvalue weighted by Crippen LogP contribution is 2.24. The number of amides is 1. The molecule has 2 aromatic carbocycles. The average molecular weight is 384 g/mol. The zero-order chi connectivity index (χ0) is 16.8. The van der Waals surface area contributed by atoms with E-state index in [0.717, 1.165) is 16.5 Å². The molecule has 0 aliphatic carbocycles. The van der Waals surface area contributed by atoms with Gasteiger partial charge in [-0.15, -0.1) is 0 Å². The normalized spacial score (nSPS) is 10.0. The van der Waals surface area contributed by atoms with Crippen LogP contribution < -0.4 is 10.1 Å². The first-order chi connectivity index (χ1) is 11.7. The Labute approximate surface area is 147 Å². The number of hydrogen-bond donors (Lipinski definition) is 1. The maximum Gasteiger partial charge on any atom is 0.287 e. The van der Waals surface area contributed by atoms with E-state index >= 15 is 0 Å². The Bertz CT molecular complexity index is 916. The van der Waals surface area contributed by atoms with Crippen molar-refractivity contribution in [1.29, 1.82) is 0 Å². The highest BCUT2D eigenvalue weighted by molar-refractivity contribution is 9.10. The van der Waals surface area contributed by atoms with Gasteiger partial charge in [-0.1, -0.05) is 48.2 Å². The summed E-state index contributed by atoms with van der Waals surface area (Å²) >= 11 is 3.15. The number of rotatable bonds is 4. The summed E-state index contributed by atoms with van der Waals surface area (Å²) < 4.78 is 11.4. The first-order valence-corrected chi connectivity index (χ1v) is 8.13. The van der Waals surface area contributed by atoms with Crippen molar-refractivity contribution in [3.8, 4) is 17.6 Å². The van der Waals surface area contributed by atoms with Crippen LogP contribution in [0.3, 0.4) is 0 Å². The molecule has 1 aromatic heterocycles. The number of fused-ring (bicyclic) bond motifs is 1. The number of furan rings is 1. The Balaban J connectivity index is 1.50. The summed E-state index contributed by atoms with van der Waals surface area (Å²) in [5.41, 5.74) is 0. The predicted molar refractivity (Wildman–Crippen MR) is 96.0 cm³/mol. The van der Waals surface area contributed by atoms with Crippen LogP contribution in [0.4, 0.5) is 0 Å². The van der Waals surface area contributed by atoms with Crippen LogP contribution in [0.15, 0.2) is 63.7 Å². The predicted octanol–water partition coefficient (Wildman–Crippen LogP) is 4.01. The van der Waals surface area contributed by atoms with Gasteiger partial charge in [-0.2, -0.15) is 0 Å². The summed E-state index contributed by atoms with van der Waals surface area (Å²) in [5.74, 6) is 6.48. The molecule has 0 unspecified atom stereocenters. The van der Waals surface area contributed by atoms with Gasteiger partial charge in [0.25, 0.3) is 5.91 Å². The van der Waals surface area contributed by atoms with E-state index in [-0.39, 0.29) is 24.8 Å². The first kappa shape index (κ1) is 16.2. The average Bonchev–Trinajstić information content (AvgIpc) is 3.04. The molecule has 4 nitrogen and oxygen atoms in total. The summed E-state index contributed by atoms with van der Waals surface area (Å²) in [6.07, 6.45) is 0. The zero-order valence-electron chi connectivity index (χ0n) is 12.7. The summed E-state index contributed by atoms with van der Waals surface area (Å²) in [7, 11) is 0. The molecule has 0 fully saturated rings. The van der Waals surface area contributed by atoms with E-state index in [1.165, 1.54) is 0 Å². The van der Waals surface area contributed by atoms with Crippen molar-refractivity contribution >= 4 is 32.6 Å². The van der Waals surface area contributed by atoms with E-state index in [9.17, 15) is 4.79 Å². The largest absolute Gasteiger partial charge is 0.480 e. The van der Waals surface area contributed by atoms with Crippen LogP contribution in [0, 0.1) is 11.8 Å². The summed E-state index contributed by atoms with van der Waals surface area (Å²) in [6.45, 7) is 0.492. The molecule has 1 heterocycles. The molecule has 0 aliphatic heterocycles. The van der Waals surface area contributed by atoms with Crippen molar-refractivity contribution in [3.63, 3.8) is 0 Å². The molecule has 0 aliphatic rings. The van der Waals surface area contributed by atoms with Crippen molar-refractivity contribution in [3.05, 3.63) is 65.0 Å². The third-order valence-corrected chi connectivity index (χ3v) is 3.74. The van der Waals surface area contributed by atoms with Crippen molar-refractivity contribution in [1.82, 2.24) is 5.32 Å². The Hall–Kier alpha value is -2.71. The number of carbonyl (C=O) groups excluding carboxylic acids is 1. The quantitative estimate of drug-likeness (QED) is 0.692. The Morgan fingerprint density at radius 2 is 1.92 bits per heavy atom. The fourth-order valence-corrected chi connectivity index (χ4v) is 2.50. The highest BCUT2D eigenvalue weighted by Gasteiger charge is 2.08. The Morgan fingerprint density at radius 1 is 1.08 bits per heavy atom. The maximum absolute atomic E-state index is 11.7. The van der Waals surface area contributed by atoms with Gasteiger partial charge in [0.15, 0.2) is 10.4 Å². The van der Waals surface area contributed by atoms with Crippen LogP contribution in [0.25, 0.3) is 10.8 Å². The molecular formula is C19H14BrNO3. The topological polar surface area (TPSA) is 51.5 Å². The molecule has 1 N–H and O–H groups in total. The fraction of sp³-hybridized carbons (Fsp3) is 0.105. The van der Waals surface area contributed by atoms with Crippen LogP contribution in [-0.2, 0) is 0 Å². The van der Waals surface area contributed by atoms with Crippen LogP contribution >= 0.6 is 15.9 Å². The second kappa shape index (κ2) is 7.71. The Morgan fingerprint density at radius 3 is 2.75 bits per heavy atom. The van der Waals surface area contributed by atoms with Gasteiger partial charge >= 0.3 is 0 Å². The molecule has 1 amide bonds. The van der Waals surface area contributed by atoms with Gasteiger partial charge in [0.2, 0.25) is 0 Å². The van der Waals surface area contributed by atoms with Gasteiger partial charge in [-0.3, -0.25) is 4.79 Å². The van der Waals surface area contributed by atoms with Crippen molar-refractivity contribution in [2.75, 3.05) is 13.2 Å². The van der Waals surface area contributed by atoms with E-state index in [1.54, 1.807) is 12.1 Å². The molecule has 120 valence electrons. The first-order valence-electron chi connectivity index (χ1n) is 7.34. The smallest absolute Gasteiger partial charge is 0.287 e.